The summed E-state index contributed by atoms with van der Waals surface area (Å²) in [6, 6.07) is 15.5. The van der Waals surface area contributed by atoms with Gasteiger partial charge in [-0.2, -0.15) is 25.3 Å². The molecule has 210 valence electrons. The van der Waals surface area contributed by atoms with E-state index in [2.05, 4.69) is 0 Å². The van der Waals surface area contributed by atoms with E-state index in [1.807, 2.05) is 19.9 Å². The lowest BCUT2D eigenvalue weighted by atomic mass is 9.99. The average molecular weight is 597 g/mol. The number of allylic oxidation sites excluding steroid dienone is 1. The molecule has 3 aromatic carbocycles. The molecule has 0 spiro atoms. The van der Waals surface area contributed by atoms with Gasteiger partial charge >= 0.3 is 30.4 Å². The van der Waals surface area contributed by atoms with Crippen molar-refractivity contribution < 1.29 is 42.5 Å². The predicted molar refractivity (Wildman–Crippen MR) is 149 cm³/mol. The molecular formula is C26H28O10S3. The van der Waals surface area contributed by atoms with Gasteiger partial charge in [0.1, 0.15) is 12.4 Å². The Kier molecular flexibility index (Phi) is 8.98. The van der Waals surface area contributed by atoms with E-state index in [0.717, 1.165) is 24.3 Å². The van der Waals surface area contributed by atoms with E-state index in [-0.39, 0.29) is 29.6 Å². The fourth-order valence-corrected chi connectivity index (χ4v) is 4.75. The van der Waals surface area contributed by atoms with Crippen LogP contribution >= 0.6 is 0 Å². The maximum atomic E-state index is 12.1. The van der Waals surface area contributed by atoms with Gasteiger partial charge in [-0.05, 0) is 73.0 Å². The van der Waals surface area contributed by atoms with E-state index in [4.69, 9.17) is 17.3 Å². The first-order chi connectivity index (χ1) is 18.0. The third-order valence-electron chi connectivity index (χ3n) is 4.88. The average Bonchev–Trinajstić information content (AvgIpc) is 2.77. The molecule has 0 bridgehead atoms. The summed E-state index contributed by atoms with van der Waals surface area (Å²) < 4.78 is 91.6. The third kappa shape index (κ3) is 9.61. The SMILES string of the molecule is CC(C)=CCOc1ccc(-c2ccc(-c3ccc(OS(C)(=O)=O)cc3)cc2OS(C)(=O)=O)cc1OS(C)(=O)=O. The molecule has 0 heterocycles. The third-order valence-corrected chi connectivity index (χ3v) is 6.34. The van der Waals surface area contributed by atoms with E-state index >= 15 is 0 Å². The molecule has 10 nitrogen and oxygen atoms in total. The largest absolute Gasteiger partial charge is 0.486 e. The maximum Gasteiger partial charge on any atom is 0.306 e. The van der Waals surface area contributed by atoms with Crippen LogP contribution in [0.4, 0.5) is 0 Å². The minimum atomic E-state index is -3.95. The summed E-state index contributed by atoms with van der Waals surface area (Å²) in [5.41, 5.74) is 2.96. The van der Waals surface area contributed by atoms with Crippen molar-refractivity contribution in [3.8, 4) is 45.3 Å². The number of benzene rings is 3. The smallest absolute Gasteiger partial charge is 0.306 e. The van der Waals surface area contributed by atoms with Gasteiger partial charge in [-0.25, -0.2) is 0 Å². The molecule has 0 aliphatic carbocycles. The highest BCUT2D eigenvalue weighted by atomic mass is 32.2. The number of rotatable bonds is 11. The van der Waals surface area contributed by atoms with Crippen LogP contribution in [0.1, 0.15) is 13.8 Å². The number of ether oxygens (including phenoxy) is 1. The van der Waals surface area contributed by atoms with Gasteiger partial charge in [-0.15, -0.1) is 0 Å². The highest BCUT2D eigenvalue weighted by molar-refractivity contribution is 7.86. The fourth-order valence-electron chi connectivity index (χ4n) is 3.37. The molecule has 0 fully saturated rings. The van der Waals surface area contributed by atoms with Gasteiger partial charge in [0, 0.05) is 5.56 Å². The van der Waals surface area contributed by atoms with Crippen LogP contribution in [0, 0.1) is 0 Å². The molecule has 3 aromatic rings. The van der Waals surface area contributed by atoms with Gasteiger partial charge in [-0.3, -0.25) is 0 Å². The second-order valence-corrected chi connectivity index (χ2v) is 13.6. The first-order valence-corrected chi connectivity index (χ1v) is 16.8. The minimum absolute atomic E-state index is 0.0185. The van der Waals surface area contributed by atoms with E-state index < -0.39 is 30.4 Å². The topological polar surface area (TPSA) is 139 Å². The summed E-state index contributed by atoms with van der Waals surface area (Å²) in [6.45, 7) is 3.98. The standard InChI is InChI=1S/C26H28O10S3/c1-18(2)14-15-33-24-13-9-21(17-26(24)36-39(5,31)32)23-12-8-20(16-25(23)35-38(4,29)30)19-6-10-22(11-7-19)34-37(3,27)28/h6-14,16-17H,15H2,1-5H3. The highest BCUT2D eigenvalue weighted by Crippen LogP contribution is 2.39. The Morgan fingerprint density at radius 1 is 0.615 bits per heavy atom. The van der Waals surface area contributed by atoms with Gasteiger partial charge in [0.2, 0.25) is 0 Å². The normalized spacial score (nSPS) is 11.9. The van der Waals surface area contributed by atoms with Gasteiger partial charge in [-0.1, -0.05) is 29.8 Å². The zero-order valence-electron chi connectivity index (χ0n) is 21.9. The molecule has 0 aliphatic rings. The molecule has 39 heavy (non-hydrogen) atoms. The Morgan fingerprint density at radius 2 is 1.13 bits per heavy atom. The lowest BCUT2D eigenvalue weighted by molar-refractivity contribution is 0.347. The van der Waals surface area contributed by atoms with Crippen LogP contribution in [0.5, 0.6) is 23.0 Å². The van der Waals surface area contributed by atoms with Gasteiger partial charge in [0.15, 0.2) is 17.2 Å². The Labute approximate surface area is 229 Å². The highest BCUT2D eigenvalue weighted by Gasteiger charge is 2.18. The van der Waals surface area contributed by atoms with Gasteiger partial charge in [0.05, 0.1) is 18.8 Å². The molecule has 0 aromatic heterocycles. The molecule has 3 rings (SSSR count). The molecular weight excluding hydrogens is 568 g/mol. The quantitative estimate of drug-likeness (QED) is 0.231. The Balaban J connectivity index is 2.07. The van der Waals surface area contributed by atoms with Gasteiger partial charge in [0.25, 0.3) is 0 Å². The zero-order valence-corrected chi connectivity index (χ0v) is 24.3. The van der Waals surface area contributed by atoms with E-state index in [1.165, 1.54) is 30.3 Å². The summed E-state index contributed by atoms with van der Waals surface area (Å²) in [4.78, 5) is 0. The van der Waals surface area contributed by atoms with Crippen LogP contribution in [0.3, 0.4) is 0 Å². The second kappa shape index (κ2) is 11.7. The van der Waals surface area contributed by atoms with E-state index in [9.17, 15) is 25.3 Å². The second-order valence-electron chi connectivity index (χ2n) is 8.85. The first kappa shape index (κ1) is 30.0. The van der Waals surface area contributed by atoms with E-state index in [1.54, 1.807) is 30.3 Å². The lowest BCUT2D eigenvalue weighted by Crippen LogP contribution is -2.08. The van der Waals surface area contributed by atoms with Crippen molar-refractivity contribution in [1.29, 1.82) is 0 Å². The Hall–Kier alpha value is -3.55. The van der Waals surface area contributed by atoms with Crippen LogP contribution in [0.2, 0.25) is 0 Å². The molecule has 0 amide bonds. The predicted octanol–water partition coefficient (Wildman–Crippen LogP) is 4.38. The van der Waals surface area contributed by atoms with Crippen molar-refractivity contribution in [1.82, 2.24) is 0 Å². The summed E-state index contributed by atoms with van der Waals surface area (Å²) in [5, 5.41) is 0. The summed E-state index contributed by atoms with van der Waals surface area (Å²) in [7, 11) is -11.5. The van der Waals surface area contributed by atoms with E-state index in [0.29, 0.717) is 22.3 Å². The van der Waals surface area contributed by atoms with Crippen molar-refractivity contribution in [3.05, 3.63) is 72.3 Å². The number of hydrogen-bond donors (Lipinski definition) is 0. The van der Waals surface area contributed by atoms with Crippen molar-refractivity contribution in [2.75, 3.05) is 25.4 Å². The molecule has 13 heteroatoms. The maximum absolute atomic E-state index is 12.1. The van der Waals surface area contributed by atoms with Crippen LogP contribution in [0.15, 0.2) is 72.3 Å². The molecule has 0 saturated carbocycles. The van der Waals surface area contributed by atoms with Crippen LogP contribution < -0.4 is 17.3 Å². The van der Waals surface area contributed by atoms with Crippen molar-refractivity contribution in [2.24, 2.45) is 0 Å². The first-order valence-electron chi connectivity index (χ1n) is 11.3. The monoisotopic (exact) mass is 596 g/mol. The van der Waals surface area contributed by atoms with Gasteiger partial charge < -0.3 is 17.3 Å². The molecule has 0 atom stereocenters. The Morgan fingerprint density at radius 3 is 1.69 bits per heavy atom. The molecule has 0 saturated heterocycles. The van der Waals surface area contributed by atoms with Crippen molar-refractivity contribution in [2.45, 2.75) is 13.8 Å². The summed E-state index contributed by atoms with van der Waals surface area (Å²) in [6.07, 6.45) is 4.55. The zero-order chi connectivity index (χ0) is 29.0. The van der Waals surface area contributed by atoms with Crippen molar-refractivity contribution in [3.63, 3.8) is 0 Å². The lowest BCUT2D eigenvalue weighted by Gasteiger charge is -2.15. The molecule has 0 unspecified atom stereocenters. The number of hydrogen-bond acceptors (Lipinski definition) is 10. The summed E-state index contributed by atoms with van der Waals surface area (Å²) in [5.74, 6) is 0.207. The van der Waals surface area contributed by atoms with Crippen LogP contribution in [0.25, 0.3) is 22.3 Å². The molecule has 0 radical (unpaired) electrons. The molecule has 0 aliphatic heterocycles. The van der Waals surface area contributed by atoms with Crippen LogP contribution in [-0.2, 0) is 30.4 Å². The molecule has 0 N–H and O–H groups in total. The van der Waals surface area contributed by atoms with Crippen molar-refractivity contribution >= 4 is 30.4 Å². The Bertz CT molecular complexity index is 1700. The van der Waals surface area contributed by atoms with Crippen LogP contribution in [-0.4, -0.2) is 50.6 Å². The fraction of sp³-hybridized carbons (Fsp3) is 0.231. The summed E-state index contributed by atoms with van der Waals surface area (Å²) >= 11 is 0. The minimum Gasteiger partial charge on any atom is -0.486 e.